The smallest absolute Gasteiger partial charge is 0.350 e. The Morgan fingerprint density at radius 1 is 0.733 bits per heavy atom. The summed E-state index contributed by atoms with van der Waals surface area (Å²) >= 11 is 0. The predicted octanol–water partition coefficient (Wildman–Crippen LogP) is 10.8. The molecule has 3 fully saturated rings. The van der Waals surface area contributed by atoms with Crippen LogP contribution in [0.5, 0.6) is 5.75 Å². The molecule has 0 radical (unpaired) electrons. The summed E-state index contributed by atoms with van der Waals surface area (Å²) in [4.78, 5) is 27.4. The first-order chi connectivity index (χ1) is 28.9. The fourth-order valence-corrected chi connectivity index (χ4v) is 11.6. The third-order valence-electron chi connectivity index (χ3n) is 14.7. The van der Waals surface area contributed by atoms with Crippen molar-refractivity contribution in [1.29, 1.82) is 0 Å². The fourth-order valence-electron chi connectivity index (χ4n) is 11.6. The molecule has 0 amide bonds. The Labute approximate surface area is 354 Å². The molecule has 2 heterocycles. The highest BCUT2D eigenvalue weighted by molar-refractivity contribution is 5.91. The third kappa shape index (κ3) is 6.84. The van der Waals surface area contributed by atoms with Crippen molar-refractivity contribution in [1.82, 2.24) is 0 Å². The van der Waals surface area contributed by atoms with Gasteiger partial charge >= 0.3 is 11.9 Å². The maximum Gasteiger partial charge on any atom is 0.350 e. The van der Waals surface area contributed by atoms with Gasteiger partial charge in [-0.05, 0) is 116 Å². The largest absolute Gasteiger partial charge is 0.476 e. The molecule has 1 saturated heterocycles. The summed E-state index contributed by atoms with van der Waals surface area (Å²) < 4.78 is 33.2. The van der Waals surface area contributed by atoms with E-state index in [1.807, 2.05) is 60.7 Å². The molecular weight excluding hydrogens is 749 g/mol. The number of esters is 2. The van der Waals surface area contributed by atoms with E-state index in [1.165, 1.54) is 0 Å². The molecule has 5 aromatic rings. The number of benzene rings is 5. The van der Waals surface area contributed by atoms with Crippen LogP contribution in [0.3, 0.4) is 0 Å². The van der Waals surface area contributed by atoms with E-state index in [0.717, 1.165) is 53.1 Å². The van der Waals surface area contributed by atoms with Crippen molar-refractivity contribution in [2.45, 2.75) is 95.7 Å². The summed E-state index contributed by atoms with van der Waals surface area (Å²) in [5.74, 6) is 0.178. The molecule has 2 unspecified atom stereocenters. The molecule has 5 aromatic carbocycles. The molecule has 0 spiro atoms. The molecule has 0 bridgehead atoms. The molecule has 60 heavy (non-hydrogen) atoms. The molecule has 2 saturated carbocycles. The lowest BCUT2D eigenvalue weighted by Gasteiger charge is -2.62. The SMILES string of the molecule is CC(C)(Oc1ccc2ccccc2c1)C(=O)O[C@@H]1CC[C@@]2(C)C3CC(C4=CCOC4=O)O[C@]3(C)CC[C@@H]2[C@]1(C)COC(c1ccccc1)(c1ccccc1)c1ccccc1. The molecular formula is C53H56O7. The molecule has 310 valence electrons. The van der Waals surface area contributed by atoms with Crippen molar-refractivity contribution >= 4 is 22.7 Å². The highest BCUT2D eigenvalue weighted by atomic mass is 16.6. The Kier molecular flexibility index (Phi) is 10.3. The summed E-state index contributed by atoms with van der Waals surface area (Å²) in [6.45, 7) is 11.1. The van der Waals surface area contributed by atoms with Crippen molar-refractivity contribution in [3.05, 3.63) is 162 Å². The second-order valence-electron chi connectivity index (χ2n) is 18.7. The van der Waals surface area contributed by atoms with Crippen LogP contribution in [0.25, 0.3) is 10.8 Å². The Bertz CT molecular complexity index is 2300. The average molecular weight is 805 g/mol. The van der Waals surface area contributed by atoms with E-state index in [9.17, 15) is 9.59 Å². The second-order valence-corrected chi connectivity index (χ2v) is 18.7. The molecule has 7 nitrogen and oxygen atoms in total. The van der Waals surface area contributed by atoms with Crippen molar-refractivity contribution in [3.8, 4) is 5.75 Å². The predicted molar refractivity (Wildman–Crippen MR) is 232 cm³/mol. The Morgan fingerprint density at radius 2 is 1.33 bits per heavy atom. The van der Waals surface area contributed by atoms with Gasteiger partial charge in [-0.1, -0.05) is 135 Å². The maximum atomic E-state index is 14.6. The van der Waals surface area contributed by atoms with E-state index in [1.54, 1.807) is 13.8 Å². The molecule has 2 aliphatic heterocycles. The summed E-state index contributed by atoms with van der Waals surface area (Å²) in [7, 11) is 0. The van der Waals surface area contributed by atoms with Gasteiger partial charge in [0.25, 0.3) is 0 Å². The first kappa shape index (κ1) is 40.2. The van der Waals surface area contributed by atoms with Gasteiger partial charge in [0.1, 0.15) is 24.1 Å². The number of rotatable bonds is 11. The number of fused-ring (bicyclic) bond motifs is 4. The zero-order valence-electron chi connectivity index (χ0n) is 35.4. The number of carbonyl (C=O) groups excluding carboxylic acids is 2. The Balaban J connectivity index is 1.10. The zero-order chi connectivity index (χ0) is 41.8. The van der Waals surface area contributed by atoms with Crippen molar-refractivity contribution in [3.63, 3.8) is 0 Å². The van der Waals surface area contributed by atoms with E-state index < -0.39 is 34.3 Å². The fraction of sp³-hybridized carbons (Fsp3) is 0.396. The highest BCUT2D eigenvalue weighted by Crippen LogP contribution is 2.67. The number of hydrogen-bond acceptors (Lipinski definition) is 7. The first-order valence-electron chi connectivity index (χ1n) is 21.6. The van der Waals surface area contributed by atoms with E-state index in [4.69, 9.17) is 23.7 Å². The minimum Gasteiger partial charge on any atom is -0.476 e. The monoisotopic (exact) mass is 804 g/mol. The van der Waals surface area contributed by atoms with Gasteiger partial charge in [-0.3, -0.25) is 0 Å². The number of ether oxygens (including phenoxy) is 5. The van der Waals surface area contributed by atoms with Gasteiger partial charge in [-0.15, -0.1) is 0 Å². The van der Waals surface area contributed by atoms with Crippen LogP contribution in [-0.2, 0) is 34.1 Å². The standard InChI is InChI=1S/C53H56O7/c1-49(2,59-41-26-25-36-17-15-16-18-37(36)33-41)48(55)58-46-28-30-50(3)44(27-31-52(5)45(50)34-43(60-52)42-29-32-56-47(42)54)51(46,4)35-57-53(38-19-9-6-10-20-38,39-21-11-7-12-22-39)40-23-13-8-14-24-40/h6-26,29,33,43-46H,27-28,30-32,34-35H2,1-5H3/t43?,44-,45?,46+,50+,51-,52+/m0/s1. The van der Waals surface area contributed by atoms with E-state index in [2.05, 4.69) is 99.6 Å². The third-order valence-corrected chi connectivity index (χ3v) is 14.7. The number of cyclic esters (lactones) is 1. The molecule has 0 aromatic heterocycles. The topological polar surface area (TPSA) is 80.3 Å². The van der Waals surface area contributed by atoms with Crippen LogP contribution < -0.4 is 4.74 Å². The van der Waals surface area contributed by atoms with Crippen molar-refractivity contribution < 1.29 is 33.3 Å². The van der Waals surface area contributed by atoms with Gasteiger partial charge in [-0.2, -0.15) is 0 Å². The van der Waals surface area contributed by atoms with Gasteiger partial charge < -0.3 is 23.7 Å². The van der Waals surface area contributed by atoms with Gasteiger partial charge in [0, 0.05) is 5.41 Å². The van der Waals surface area contributed by atoms with Crippen molar-refractivity contribution in [2.75, 3.05) is 13.2 Å². The zero-order valence-corrected chi connectivity index (χ0v) is 35.4. The normalized spacial score (nSPS) is 28.9. The van der Waals surface area contributed by atoms with Crippen molar-refractivity contribution in [2.24, 2.45) is 22.7 Å². The van der Waals surface area contributed by atoms with Crippen LogP contribution >= 0.6 is 0 Å². The Hall–Kier alpha value is -5.24. The minimum absolute atomic E-state index is 0.0889. The first-order valence-corrected chi connectivity index (χ1v) is 21.6. The van der Waals surface area contributed by atoms with Crippen LogP contribution in [0.15, 0.2) is 145 Å². The van der Waals surface area contributed by atoms with Crippen LogP contribution in [0.4, 0.5) is 0 Å². The maximum absolute atomic E-state index is 14.6. The summed E-state index contributed by atoms with van der Waals surface area (Å²) in [5.41, 5.74) is 0.193. The molecule has 7 atom stereocenters. The number of hydrogen-bond donors (Lipinski definition) is 0. The lowest BCUT2D eigenvalue weighted by molar-refractivity contribution is -0.225. The van der Waals surface area contributed by atoms with Gasteiger partial charge in [0.15, 0.2) is 5.60 Å². The quantitative estimate of drug-likeness (QED) is 0.0971. The summed E-state index contributed by atoms with van der Waals surface area (Å²) in [6, 6.07) is 45.4. The van der Waals surface area contributed by atoms with Crippen LogP contribution in [0.2, 0.25) is 0 Å². The van der Waals surface area contributed by atoms with Gasteiger partial charge in [0.2, 0.25) is 0 Å². The summed E-state index contributed by atoms with van der Waals surface area (Å²) in [6.07, 6.45) is 4.97. The molecule has 2 aliphatic carbocycles. The van der Waals surface area contributed by atoms with Crippen LogP contribution in [0.1, 0.15) is 83.4 Å². The minimum atomic E-state index is -1.27. The second kappa shape index (κ2) is 15.3. The number of carbonyl (C=O) groups is 2. The van der Waals surface area contributed by atoms with E-state index >= 15 is 0 Å². The van der Waals surface area contributed by atoms with Gasteiger partial charge in [0.05, 0.1) is 23.9 Å². The van der Waals surface area contributed by atoms with Crippen LogP contribution in [0, 0.1) is 22.7 Å². The lowest BCUT2D eigenvalue weighted by atomic mass is 9.44. The van der Waals surface area contributed by atoms with E-state index in [-0.39, 0.29) is 29.3 Å². The molecule has 4 aliphatic rings. The van der Waals surface area contributed by atoms with Crippen LogP contribution in [-0.4, -0.2) is 48.6 Å². The van der Waals surface area contributed by atoms with Gasteiger partial charge in [-0.25, -0.2) is 9.59 Å². The molecule has 0 N–H and O–H groups in total. The molecule has 9 rings (SSSR count). The average Bonchev–Trinajstić information content (AvgIpc) is 3.86. The Morgan fingerprint density at radius 3 is 1.93 bits per heavy atom. The highest BCUT2D eigenvalue weighted by Gasteiger charge is 2.66. The summed E-state index contributed by atoms with van der Waals surface area (Å²) in [5, 5.41) is 2.14. The lowest BCUT2D eigenvalue weighted by Crippen LogP contribution is -2.63. The van der Waals surface area contributed by atoms with E-state index in [0.29, 0.717) is 31.0 Å². The molecule has 7 heteroatoms.